The first-order valence-corrected chi connectivity index (χ1v) is 6.61. The van der Waals surface area contributed by atoms with Crippen LogP contribution in [-0.4, -0.2) is 41.4 Å². The van der Waals surface area contributed by atoms with E-state index in [1.807, 2.05) is 13.8 Å². The first kappa shape index (κ1) is 13.8. The second-order valence-corrected chi connectivity index (χ2v) is 5.02. The molecule has 19 heavy (non-hydrogen) atoms. The van der Waals surface area contributed by atoms with Gasteiger partial charge in [-0.25, -0.2) is 9.78 Å². The summed E-state index contributed by atoms with van der Waals surface area (Å²) in [6, 6.07) is 3.50. The van der Waals surface area contributed by atoms with E-state index in [1.165, 1.54) is 0 Å². The van der Waals surface area contributed by atoms with Crippen molar-refractivity contribution in [3.8, 4) is 0 Å². The quantitative estimate of drug-likeness (QED) is 0.905. The Balaban J connectivity index is 2.35. The lowest BCUT2D eigenvalue weighted by molar-refractivity contribution is 0.0296. The van der Waals surface area contributed by atoms with Crippen LogP contribution >= 0.6 is 0 Å². The van der Waals surface area contributed by atoms with E-state index >= 15 is 0 Å². The number of ether oxygens (including phenoxy) is 1. The fraction of sp³-hybridized carbons (Fsp3) is 0.571. The number of pyridine rings is 1. The van der Waals surface area contributed by atoms with Gasteiger partial charge in [0.15, 0.2) is 0 Å². The molecule has 5 nitrogen and oxygen atoms in total. The number of hydrogen-bond acceptors (Lipinski definition) is 4. The zero-order chi connectivity index (χ0) is 14.0. The highest BCUT2D eigenvalue weighted by atomic mass is 16.5. The third-order valence-corrected chi connectivity index (χ3v) is 3.42. The molecule has 2 unspecified atom stereocenters. The van der Waals surface area contributed by atoms with Gasteiger partial charge in [0.2, 0.25) is 0 Å². The molecule has 0 aromatic carbocycles. The summed E-state index contributed by atoms with van der Waals surface area (Å²) in [5, 5.41) is 9.14. The average Bonchev–Trinajstić information content (AvgIpc) is 2.37. The minimum atomic E-state index is -0.916. The van der Waals surface area contributed by atoms with Crippen molar-refractivity contribution in [2.24, 2.45) is 0 Å². The normalized spacial score (nSPS) is 23.4. The van der Waals surface area contributed by atoms with Crippen LogP contribution in [-0.2, 0) is 4.74 Å². The number of morpholine rings is 1. The zero-order valence-electron chi connectivity index (χ0n) is 11.6. The maximum Gasteiger partial charge on any atom is 0.335 e. The second-order valence-electron chi connectivity index (χ2n) is 5.02. The highest BCUT2D eigenvalue weighted by Crippen LogP contribution is 2.23. The SMILES string of the molecule is CCC1COC(C)CN1c1cc(C(=O)O)cc(C)n1. The molecule has 0 aliphatic carbocycles. The van der Waals surface area contributed by atoms with Gasteiger partial charge in [-0.3, -0.25) is 0 Å². The number of aromatic nitrogens is 1. The van der Waals surface area contributed by atoms with E-state index in [-0.39, 0.29) is 17.7 Å². The molecule has 2 atom stereocenters. The summed E-state index contributed by atoms with van der Waals surface area (Å²) in [7, 11) is 0. The highest BCUT2D eigenvalue weighted by molar-refractivity contribution is 5.88. The number of carbonyl (C=O) groups is 1. The van der Waals surface area contributed by atoms with Gasteiger partial charge in [0, 0.05) is 12.2 Å². The Bertz CT molecular complexity index is 476. The van der Waals surface area contributed by atoms with Crippen molar-refractivity contribution in [3.05, 3.63) is 23.4 Å². The summed E-state index contributed by atoms with van der Waals surface area (Å²) < 4.78 is 5.66. The van der Waals surface area contributed by atoms with Crippen molar-refractivity contribution in [3.63, 3.8) is 0 Å². The molecule has 1 aromatic heterocycles. The molecule has 1 fully saturated rings. The van der Waals surface area contributed by atoms with E-state index in [0.29, 0.717) is 6.61 Å². The standard InChI is InChI=1S/C14H20N2O3/c1-4-12-8-19-10(3)7-16(12)13-6-11(14(17)18)5-9(2)15-13/h5-6,10,12H,4,7-8H2,1-3H3,(H,17,18). The van der Waals surface area contributed by atoms with Gasteiger partial charge in [0.25, 0.3) is 0 Å². The fourth-order valence-corrected chi connectivity index (χ4v) is 2.38. The van der Waals surface area contributed by atoms with Crippen molar-refractivity contribution in [2.75, 3.05) is 18.1 Å². The maximum atomic E-state index is 11.1. The minimum Gasteiger partial charge on any atom is -0.478 e. The van der Waals surface area contributed by atoms with Crippen LogP contribution in [0.4, 0.5) is 5.82 Å². The molecule has 104 valence electrons. The minimum absolute atomic E-state index is 0.137. The maximum absolute atomic E-state index is 11.1. The lowest BCUT2D eigenvalue weighted by Gasteiger charge is -2.39. The van der Waals surface area contributed by atoms with Crippen LogP contribution < -0.4 is 4.90 Å². The fourth-order valence-electron chi connectivity index (χ4n) is 2.38. The van der Waals surface area contributed by atoms with Gasteiger partial charge in [-0.15, -0.1) is 0 Å². The molecule has 1 aromatic rings. The predicted octanol–water partition coefficient (Wildman–Crippen LogP) is 2.09. The average molecular weight is 264 g/mol. The Morgan fingerprint density at radius 1 is 1.58 bits per heavy atom. The Morgan fingerprint density at radius 3 is 2.95 bits per heavy atom. The molecule has 5 heteroatoms. The number of hydrogen-bond donors (Lipinski definition) is 1. The number of carboxylic acid groups (broad SMARTS) is 1. The van der Waals surface area contributed by atoms with Crippen LogP contribution in [0.1, 0.15) is 36.3 Å². The molecule has 2 heterocycles. The molecule has 1 aliphatic heterocycles. The van der Waals surface area contributed by atoms with Gasteiger partial charge in [-0.1, -0.05) is 6.92 Å². The van der Waals surface area contributed by atoms with Gasteiger partial charge in [0.1, 0.15) is 5.82 Å². The molecule has 0 amide bonds. The summed E-state index contributed by atoms with van der Waals surface area (Å²) in [5.74, 6) is -0.180. The number of aryl methyl sites for hydroxylation is 1. The number of carboxylic acids is 1. The molecule has 1 saturated heterocycles. The van der Waals surface area contributed by atoms with Gasteiger partial charge in [-0.2, -0.15) is 0 Å². The van der Waals surface area contributed by atoms with E-state index in [9.17, 15) is 4.79 Å². The monoisotopic (exact) mass is 264 g/mol. The molecule has 1 N–H and O–H groups in total. The van der Waals surface area contributed by atoms with Gasteiger partial charge in [-0.05, 0) is 32.4 Å². The highest BCUT2D eigenvalue weighted by Gasteiger charge is 2.27. The topological polar surface area (TPSA) is 62.7 Å². The van der Waals surface area contributed by atoms with Crippen molar-refractivity contribution in [1.82, 2.24) is 4.98 Å². The molecule has 0 radical (unpaired) electrons. The lowest BCUT2D eigenvalue weighted by atomic mass is 10.1. The van der Waals surface area contributed by atoms with Crippen LogP contribution in [0.25, 0.3) is 0 Å². The van der Waals surface area contributed by atoms with Crippen molar-refractivity contribution in [1.29, 1.82) is 0 Å². The summed E-state index contributed by atoms with van der Waals surface area (Å²) in [6.45, 7) is 7.35. The third kappa shape index (κ3) is 3.04. The second kappa shape index (κ2) is 5.57. The summed E-state index contributed by atoms with van der Waals surface area (Å²) >= 11 is 0. The smallest absolute Gasteiger partial charge is 0.335 e. The number of nitrogens with zero attached hydrogens (tertiary/aromatic N) is 2. The number of anilines is 1. The molecule has 1 aliphatic rings. The molecule has 0 spiro atoms. The van der Waals surface area contributed by atoms with E-state index in [0.717, 1.165) is 24.5 Å². The molecule has 2 rings (SSSR count). The van der Waals surface area contributed by atoms with Crippen LogP contribution in [0.3, 0.4) is 0 Å². The largest absolute Gasteiger partial charge is 0.478 e. The molecular formula is C14H20N2O3. The van der Waals surface area contributed by atoms with Crippen LogP contribution in [0, 0.1) is 6.92 Å². The van der Waals surface area contributed by atoms with Crippen molar-refractivity contribution in [2.45, 2.75) is 39.3 Å². The zero-order valence-corrected chi connectivity index (χ0v) is 11.6. The Labute approximate surface area is 113 Å². The lowest BCUT2D eigenvalue weighted by Crippen LogP contribution is -2.49. The summed E-state index contributed by atoms with van der Waals surface area (Å²) in [4.78, 5) is 17.8. The van der Waals surface area contributed by atoms with Gasteiger partial charge >= 0.3 is 5.97 Å². The Kier molecular flexibility index (Phi) is 4.04. The van der Waals surface area contributed by atoms with Gasteiger partial charge < -0.3 is 14.7 Å². The predicted molar refractivity (Wildman–Crippen MR) is 72.8 cm³/mol. The summed E-state index contributed by atoms with van der Waals surface area (Å²) in [6.07, 6.45) is 1.09. The summed E-state index contributed by atoms with van der Waals surface area (Å²) in [5.41, 5.74) is 1.01. The first-order valence-electron chi connectivity index (χ1n) is 6.61. The first-order chi connectivity index (χ1) is 9.01. The van der Waals surface area contributed by atoms with Crippen LogP contribution in [0.5, 0.6) is 0 Å². The van der Waals surface area contributed by atoms with Crippen molar-refractivity contribution < 1.29 is 14.6 Å². The Morgan fingerprint density at radius 2 is 2.32 bits per heavy atom. The van der Waals surface area contributed by atoms with Crippen molar-refractivity contribution >= 4 is 11.8 Å². The molecule has 0 bridgehead atoms. The van der Waals surface area contributed by atoms with E-state index in [1.54, 1.807) is 12.1 Å². The molecule has 0 saturated carbocycles. The van der Waals surface area contributed by atoms with Crippen LogP contribution in [0.2, 0.25) is 0 Å². The number of aromatic carboxylic acids is 1. The van der Waals surface area contributed by atoms with Gasteiger partial charge in [0.05, 0.1) is 24.3 Å². The van der Waals surface area contributed by atoms with E-state index in [4.69, 9.17) is 9.84 Å². The molecular weight excluding hydrogens is 244 g/mol. The number of rotatable bonds is 3. The van der Waals surface area contributed by atoms with E-state index in [2.05, 4.69) is 16.8 Å². The van der Waals surface area contributed by atoms with Crippen LogP contribution in [0.15, 0.2) is 12.1 Å². The van der Waals surface area contributed by atoms with E-state index < -0.39 is 5.97 Å². The Hall–Kier alpha value is -1.62. The third-order valence-electron chi connectivity index (χ3n) is 3.42.